The van der Waals surface area contributed by atoms with Crippen LogP contribution in [0.2, 0.25) is 0 Å². The molecular formula is C32H21N3O. The van der Waals surface area contributed by atoms with Crippen molar-refractivity contribution in [2.24, 2.45) is 0 Å². The lowest BCUT2D eigenvalue weighted by molar-refractivity contribution is 0.660. The molecule has 0 saturated carbocycles. The summed E-state index contributed by atoms with van der Waals surface area (Å²) in [6, 6.07) is 32.7. The van der Waals surface area contributed by atoms with Crippen molar-refractivity contribution in [3.8, 4) is 39.8 Å². The van der Waals surface area contributed by atoms with E-state index in [4.69, 9.17) is 14.4 Å². The van der Waals surface area contributed by atoms with Crippen LogP contribution in [0, 0.1) is 11.3 Å². The third-order valence-corrected chi connectivity index (χ3v) is 7.35. The van der Waals surface area contributed by atoms with Crippen LogP contribution in [0.25, 0.3) is 55.8 Å². The molecule has 0 N–H and O–H groups in total. The Kier molecular flexibility index (Phi) is 4.22. The van der Waals surface area contributed by atoms with Gasteiger partial charge in [0.05, 0.1) is 11.6 Å². The molecule has 36 heavy (non-hydrogen) atoms. The summed E-state index contributed by atoms with van der Waals surface area (Å²) in [5, 5.41) is 10.2. The zero-order chi connectivity index (χ0) is 24.4. The van der Waals surface area contributed by atoms with Crippen molar-refractivity contribution in [3.05, 3.63) is 108 Å². The lowest BCUT2D eigenvalue weighted by atomic mass is 9.82. The van der Waals surface area contributed by atoms with Crippen molar-refractivity contribution >= 4 is 22.1 Å². The van der Waals surface area contributed by atoms with Crippen molar-refractivity contribution in [1.29, 1.82) is 5.26 Å². The van der Waals surface area contributed by atoms with Crippen molar-refractivity contribution in [2.45, 2.75) is 19.3 Å². The first kappa shape index (κ1) is 20.6. The maximum Gasteiger partial charge on any atom is 0.180 e. The van der Waals surface area contributed by atoms with E-state index in [0.717, 1.165) is 33.3 Å². The predicted molar refractivity (Wildman–Crippen MR) is 142 cm³/mol. The molecule has 1 aliphatic rings. The number of hydrogen-bond donors (Lipinski definition) is 0. The van der Waals surface area contributed by atoms with Gasteiger partial charge in [-0.25, -0.2) is 9.97 Å². The van der Waals surface area contributed by atoms with Crippen LogP contribution >= 0.6 is 0 Å². The number of hydrogen-bond acceptors (Lipinski definition) is 4. The molecule has 0 saturated heterocycles. The number of para-hydroxylation sites is 1. The predicted octanol–water partition coefficient (Wildman–Crippen LogP) is 7.89. The maximum atomic E-state index is 9.25. The number of nitriles is 1. The summed E-state index contributed by atoms with van der Waals surface area (Å²) in [5.41, 5.74) is 10.5. The van der Waals surface area contributed by atoms with Gasteiger partial charge >= 0.3 is 0 Å². The molecule has 6 aromatic rings. The van der Waals surface area contributed by atoms with E-state index in [2.05, 4.69) is 62.4 Å². The smallest absolute Gasteiger partial charge is 0.180 e. The third-order valence-electron chi connectivity index (χ3n) is 7.35. The Bertz CT molecular complexity index is 1870. The molecule has 0 unspecified atom stereocenters. The Hall–Kier alpha value is -4.75. The maximum absolute atomic E-state index is 9.25. The van der Waals surface area contributed by atoms with Gasteiger partial charge in [0, 0.05) is 21.9 Å². The Labute approximate surface area is 208 Å². The van der Waals surface area contributed by atoms with Crippen LogP contribution in [0.15, 0.2) is 95.4 Å². The Morgan fingerprint density at radius 3 is 2.31 bits per heavy atom. The molecule has 2 heterocycles. The Morgan fingerprint density at radius 2 is 1.47 bits per heavy atom. The lowest BCUT2D eigenvalue weighted by Crippen LogP contribution is -2.15. The van der Waals surface area contributed by atoms with Crippen molar-refractivity contribution in [2.75, 3.05) is 0 Å². The molecule has 1 aliphatic carbocycles. The van der Waals surface area contributed by atoms with E-state index in [1.807, 2.05) is 36.4 Å². The van der Waals surface area contributed by atoms with Gasteiger partial charge in [-0.1, -0.05) is 74.5 Å². The highest BCUT2D eigenvalue weighted by molar-refractivity contribution is 6.07. The lowest BCUT2D eigenvalue weighted by Gasteiger charge is -2.21. The van der Waals surface area contributed by atoms with E-state index in [1.165, 1.54) is 22.3 Å². The van der Waals surface area contributed by atoms with Gasteiger partial charge in [0.1, 0.15) is 16.8 Å². The van der Waals surface area contributed by atoms with Gasteiger partial charge in [-0.15, -0.1) is 0 Å². The van der Waals surface area contributed by atoms with Crippen molar-refractivity contribution < 1.29 is 4.42 Å². The molecule has 4 heteroatoms. The fourth-order valence-electron chi connectivity index (χ4n) is 5.46. The number of aromatic nitrogens is 2. The van der Waals surface area contributed by atoms with Gasteiger partial charge in [0.25, 0.3) is 0 Å². The molecule has 0 amide bonds. The Balaban J connectivity index is 1.48. The molecule has 170 valence electrons. The van der Waals surface area contributed by atoms with Gasteiger partial charge in [0.15, 0.2) is 11.4 Å². The van der Waals surface area contributed by atoms with Crippen molar-refractivity contribution in [3.63, 3.8) is 0 Å². The summed E-state index contributed by atoms with van der Waals surface area (Å²) >= 11 is 0. The monoisotopic (exact) mass is 463 g/mol. The molecule has 0 fully saturated rings. The first-order chi connectivity index (χ1) is 17.5. The van der Waals surface area contributed by atoms with Crippen LogP contribution in [-0.4, -0.2) is 9.97 Å². The molecule has 0 spiro atoms. The average molecular weight is 464 g/mol. The second-order valence-electron chi connectivity index (χ2n) is 9.79. The van der Waals surface area contributed by atoms with E-state index >= 15 is 0 Å². The number of benzene rings is 4. The highest BCUT2D eigenvalue weighted by Crippen LogP contribution is 2.49. The fourth-order valence-corrected chi connectivity index (χ4v) is 5.46. The van der Waals surface area contributed by atoms with Gasteiger partial charge < -0.3 is 4.42 Å². The minimum atomic E-state index is -0.107. The minimum absolute atomic E-state index is 0.107. The SMILES string of the molecule is CC1(C)c2ccccc2-c2ccc(-c3nc(-c4ccc(C#N)cc4)c4oc5ccccc5c4n3)cc21. The second-order valence-corrected chi connectivity index (χ2v) is 9.79. The van der Waals surface area contributed by atoms with E-state index in [0.29, 0.717) is 17.0 Å². The van der Waals surface area contributed by atoms with Gasteiger partial charge in [-0.2, -0.15) is 5.26 Å². The zero-order valence-electron chi connectivity index (χ0n) is 19.9. The first-order valence-corrected chi connectivity index (χ1v) is 12.0. The summed E-state index contributed by atoms with van der Waals surface area (Å²) in [4.78, 5) is 10.0. The molecule has 7 rings (SSSR count). The normalized spacial score (nSPS) is 13.5. The van der Waals surface area contributed by atoms with E-state index in [-0.39, 0.29) is 5.41 Å². The molecular weight excluding hydrogens is 442 g/mol. The Morgan fingerprint density at radius 1 is 0.750 bits per heavy atom. The second kappa shape index (κ2) is 7.37. The highest BCUT2D eigenvalue weighted by atomic mass is 16.3. The third kappa shape index (κ3) is 2.87. The minimum Gasteiger partial charge on any atom is -0.452 e. The largest absolute Gasteiger partial charge is 0.452 e. The fraction of sp³-hybridized carbons (Fsp3) is 0.0938. The molecule has 0 aliphatic heterocycles. The van der Waals surface area contributed by atoms with E-state index in [9.17, 15) is 5.26 Å². The van der Waals surface area contributed by atoms with Crippen LogP contribution in [-0.2, 0) is 5.41 Å². The summed E-state index contributed by atoms with van der Waals surface area (Å²) in [6.07, 6.45) is 0. The van der Waals surface area contributed by atoms with Gasteiger partial charge in [-0.3, -0.25) is 0 Å². The zero-order valence-corrected chi connectivity index (χ0v) is 19.9. The highest BCUT2D eigenvalue weighted by Gasteiger charge is 2.35. The first-order valence-electron chi connectivity index (χ1n) is 12.0. The standard InChI is InChI=1S/C32H21N3O/c1-32(2)25-9-5-3-7-22(25)23-16-15-21(17-26(23)32)31-34-28(20-13-11-19(18-33)12-14-20)30-29(35-31)24-8-4-6-10-27(24)36-30/h3-17H,1-2H3. The molecule has 4 nitrogen and oxygen atoms in total. The molecule has 0 radical (unpaired) electrons. The van der Waals surface area contributed by atoms with Crippen molar-refractivity contribution in [1.82, 2.24) is 9.97 Å². The molecule has 0 atom stereocenters. The van der Waals surface area contributed by atoms with Crippen LogP contribution < -0.4 is 0 Å². The van der Waals surface area contributed by atoms with Gasteiger partial charge in [-0.05, 0) is 52.6 Å². The number of fused-ring (bicyclic) bond motifs is 6. The molecule has 4 aromatic carbocycles. The average Bonchev–Trinajstić information content (AvgIpc) is 3.41. The van der Waals surface area contributed by atoms with Crippen LogP contribution in [0.1, 0.15) is 30.5 Å². The number of nitrogens with zero attached hydrogens (tertiary/aromatic N) is 3. The van der Waals surface area contributed by atoms with E-state index < -0.39 is 0 Å². The van der Waals surface area contributed by atoms with Crippen LogP contribution in [0.3, 0.4) is 0 Å². The summed E-state index contributed by atoms with van der Waals surface area (Å²) in [6.45, 7) is 4.55. The number of furan rings is 1. The van der Waals surface area contributed by atoms with E-state index in [1.54, 1.807) is 12.1 Å². The molecule has 2 aromatic heterocycles. The number of rotatable bonds is 2. The van der Waals surface area contributed by atoms with Crippen LogP contribution in [0.4, 0.5) is 0 Å². The summed E-state index contributed by atoms with van der Waals surface area (Å²) < 4.78 is 6.24. The quantitative estimate of drug-likeness (QED) is 0.262. The van der Waals surface area contributed by atoms with Gasteiger partial charge in [0.2, 0.25) is 0 Å². The molecule has 0 bridgehead atoms. The summed E-state index contributed by atoms with van der Waals surface area (Å²) in [5.74, 6) is 0.656. The van der Waals surface area contributed by atoms with Crippen LogP contribution in [0.5, 0.6) is 0 Å². The summed E-state index contributed by atoms with van der Waals surface area (Å²) in [7, 11) is 0. The topological polar surface area (TPSA) is 62.7 Å².